The Kier molecular flexibility index (Phi) is 3.79. The van der Waals surface area contributed by atoms with Gasteiger partial charge in [-0.25, -0.2) is 4.90 Å². The third kappa shape index (κ3) is 2.84. The number of aryl methyl sites for hydroxylation is 1. The Morgan fingerprint density at radius 2 is 1.58 bits per heavy atom. The lowest BCUT2D eigenvalue weighted by molar-refractivity contribution is -0.153. The van der Waals surface area contributed by atoms with Crippen molar-refractivity contribution in [3.8, 4) is 5.75 Å². The van der Waals surface area contributed by atoms with E-state index < -0.39 is 24.6 Å². The van der Waals surface area contributed by atoms with Gasteiger partial charge in [-0.2, -0.15) is 13.2 Å². The van der Waals surface area contributed by atoms with Crippen LogP contribution in [0.5, 0.6) is 5.75 Å². The van der Waals surface area contributed by atoms with Gasteiger partial charge in [-0.15, -0.1) is 0 Å². The van der Waals surface area contributed by atoms with E-state index in [4.69, 9.17) is 0 Å². The molecular weight excluding hydrogens is 323 g/mol. The molecule has 0 atom stereocenters. The van der Waals surface area contributed by atoms with Crippen LogP contribution in [0.2, 0.25) is 0 Å². The number of nitrogens with zero attached hydrogens (tertiary/aromatic N) is 1. The Labute approximate surface area is 135 Å². The lowest BCUT2D eigenvalue weighted by Gasteiger charge is -2.18. The van der Waals surface area contributed by atoms with Gasteiger partial charge >= 0.3 is 6.18 Å². The Morgan fingerprint density at radius 1 is 1.00 bits per heavy atom. The van der Waals surface area contributed by atoms with Gasteiger partial charge in [0, 0.05) is 0 Å². The molecule has 3 rings (SSSR count). The van der Waals surface area contributed by atoms with Gasteiger partial charge < -0.3 is 4.74 Å². The molecule has 2 aromatic carbocycles. The summed E-state index contributed by atoms with van der Waals surface area (Å²) >= 11 is 0. The maximum absolute atomic E-state index is 12.4. The number of rotatable bonds is 3. The highest BCUT2D eigenvalue weighted by Crippen LogP contribution is 2.32. The average molecular weight is 335 g/mol. The van der Waals surface area contributed by atoms with Gasteiger partial charge in [-0.05, 0) is 42.8 Å². The van der Waals surface area contributed by atoms with E-state index in [1.807, 2.05) is 0 Å². The second kappa shape index (κ2) is 5.67. The molecule has 7 heteroatoms. The predicted octanol–water partition coefficient (Wildman–Crippen LogP) is 3.74. The highest BCUT2D eigenvalue weighted by molar-refractivity contribution is 6.34. The molecule has 24 heavy (non-hydrogen) atoms. The second-order valence-electron chi connectivity index (χ2n) is 5.34. The van der Waals surface area contributed by atoms with Crippen molar-refractivity contribution in [2.45, 2.75) is 13.1 Å². The van der Waals surface area contributed by atoms with E-state index in [0.29, 0.717) is 22.4 Å². The van der Waals surface area contributed by atoms with E-state index >= 15 is 0 Å². The summed E-state index contributed by atoms with van der Waals surface area (Å²) in [7, 11) is 0. The first-order valence-corrected chi connectivity index (χ1v) is 7.06. The smallest absolute Gasteiger partial charge is 0.422 e. The van der Waals surface area contributed by atoms with E-state index in [1.54, 1.807) is 31.2 Å². The first-order chi connectivity index (χ1) is 11.3. The van der Waals surface area contributed by atoms with Gasteiger partial charge in [0.25, 0.3) is 11.8 Å². The number of imide groups is 1. The minimum atomic E-state index is -4.44. The number of halogens is 3. The summed E-state index contributed by atoms with van der Waals surface area (Å²) in [5.74, 6) is -0.893. The number of alkyl halides is 3. The number of hydrogen-bond donors (Lipinski definition) is 0. The molecule has 0 radical (unpaired) electrons. The summed E-state index contributed by atoms with van der Waals surface area (Å²) in [6, 6.07) is 10.5. The Hall–Kier alpha value is -2.83. The zero-order valence-corrected chi connectivity index (χ0v) is 12.6. The van der Waals surface area contributed by atoms with Crippen LogP contribution >= 0.6 is 0 Å². The number of carbonyl (C=O) groups is 2. The summed E-state index contributed by atoms with van der Waals surface area (Å²) in [6.45, 7) is 0.193. The summed E-state index contributed by atoms with van der Waals surface area (Å²) in [4.78, 5) is 25.9. The van der Waals surface area contributed by atoms with Crippen LogP contribution in [0.4, 0.5) is 18.9 Å². The number of carbonyl (C=O) groups excluding carboxylic acids is 2. The molecule has 4 nitrogen and oxygen atoms in total. The molecule has 0 aromatic heterocycles. The first-order valence-electron chi connectivity index (χ1n) is 7.06. The molecule has 0 spiro atoms. The molecule has 0 saturated carbocycles. The molecular formula is C17H12F3NO3. The highest BCUT2D eigenvalue weighted by atomic mass is 19.4. The Morgan fingerprint density at radius 3 is 2.08 bits per heavy atom. The second-order valence-corrected chi connectivity index (χ2v) is 5.34. The minimum Gasteiger partial charge on any atom is -0.484 e. The Balaban J connectivity index is 1.89. The maximum Gasteiger partial charge on any atom is 0.422 e. The molecule has 124 valence electrons. The van der Waals surface area contributed by atoms with E-state index in [-0.39, 0.29) is 5.75 Å². The Bertz CT molecular complexity index is 795. The van der Waals surface area contributed by atoms with Crippen molar-refractivity contribution in [2.75, 3.05) is 11.5 Å². The van der Waals surface area contributed by atoms with Crippen LogP contribution in [0.25, 0.3) is 0 Å². The number of ether oxygens (including phenoxy) is 1. The lowest BCUT2D eigenvalue weighted by Crippen LogP contribution is -2.30. The highest BCUT2D eigenvalue weighted by Gasteiger charge is 2.37. The molecule has 0 N–H and O–H groups in total. The predicted molar refractivity (Wildman–Crippen MR) is 80.3 cm³/mol. The van der Waals surface area contributed by atoms with Crippen molar-refractivity contribution in [1.82, 2.24) is 0 Å². The molecule has 1 aliphatic heterocycles. The lowest BCUT2D eigenvalue weighted by atomic mass is 10.1. The van der Waals surface area contributed by atoms with Crippen molar-refractivity contribution < 1.29 is 27.5 Å². The van der Waals surface area contributed by atoms with Crippen LogP contribution in [0.15, 0.2) is 42.5 Å². The van der Waals surface area contributed by atoms with Gasteiger partial charge in [-0.3, -0.25) is 9.59 Å². The van der Waals surface area contributed by atoms with Crippen LogP contribution in [0, 0.1) is 6.92 Å². The van der Waals surface area contributed by atoms with Crippen molar-refractivity contribution in [3.63, 3.8) is 0 Å². The van der Waals surface area contributed by atoms with Crippen LogP contribution in [-0.2, 0) is 0 Å². The summed E-state index contributed by atoms with van der Waals surface area (Å²) in [5, 5.41) is 0. The molecule has 2 amide bonds. The number of anilines is 1. The number of fused-ring (bicyclic) bond motifs is 1. The zero-order chi connectivity index (χ0) is 17.5. The molecule has 0 fully saturated rings. The van der Waals surface area contributed by atoms with E-state index in [9.17, 15) is 22.8 Å². The third-order valence-corrected chi connectivity index (χ3v) is 3.61. The average Bonchev–Trinajstić information content (AvgIpc) is 2.77. The number of benzene rings is 2. The SMILES string of the molecule is Cc1cc(OCC(F)(F)F)ccc1N1C(=O)c2ccccc2C1=O. The van der Waals surface area contributed by atoms with Crippen molar-refractivity contribution in [3.05, 3.63) is 59.2 Å². The van der Waals surface area contributed by atoms with Crippen molar-refractivity contribution in [1.29, 1.82) is 0 Å². The van der Waals surface area contributed by atoms with Crippen molar-refractivity contribution >= 4 is 17.5 Å². The molecule has 0 aliphatic carbocycles. The molecule has 0 unspecified atom stereocenters. The zero-order valence-electron chi connectivity index (χ0n) is 12.6. The molecule has 1 aliphatic rings. The van der Waals surface area contributed by atoms with E-state index in [0.717, 1.165) is 4.90 Å². The van der Waals surface area contributed by atoms with Gasteiger partial charge in [0.2, 0.25) is 0 Å². The summed E-state index contributed by atoms with van der Waals surface area (Å²) in [6.07, 6.45) is -4.44. The fraction of sp³-hybridized carbons (Fsp3) is 0.176. The maximum atomic E-state index is 12.4. The number of hydrogen-bond acceptors (Lipinski definition) is 3. The standard InChI is InChI=1S/C17H12F3NO3/c1-10-8-11(24-9-17(18,19)20)6-7-14(10)21-15(22)12-4-2-3-5-13(12)16(21)23/h2-8H,9H2,1H3. The minimum absolute atomic E-state index is 0.0187. The number of amides is 2. The molecule has 0 bridgehead atoms. The summed E-state index contributed by atoms with van der Waals surface area (Å²) < 4.78 is 41.3. The van der Waals surface area contributed by atoms with Crippen molar-refractivity contribution in [2.24, 2.45) is 0 Å². The largest absolute Gasteiger partial charge is 0.484 e. The quantitative estimate of drug-likeness (QED) is 0.803. The van der Waals surface area contributed by atoms with Gasteiger partial charge in [0.05, 0.1) is 16.8 Å². The monoisotopic (exact) mass is 335 g/mol. The summed E-state index contributed by atoms with van der Waals surface area (Å²) in [5.41, 5.74) is 1.39. The van der Waals surface area contributed by atoms with E-state index in [2.05, 4.69) is 4.74 Å². The van der Waals surface area contributed by atoms with Crippen LogP contribution in [-0.4, -0.2) is 24.6 Å². The first kappa shape index (κ1) is 16.0. The van der Waals surface area contributed by atoms with Gasteiger partial charge in [0.1, 0.15) is 5.75 Å². The molecule has 0 saturated heterocycles. The third-order valence-electron chi connectivity index (χ3n) is 3.61. The van der Waals surface area contributed by atoms with Crippen LogP contribution < -0.4 is 9.64 Å². The molecule has 2 aromatic rings. The van der Waals surface area contributed by atoms with Crippen LogP contribution in [0.3, 0.4) is 0 Å². The van der Waals surface area contributed by atoms with Crippen LogP contribution in [0.1, 0.15) is 26.3 Å². The van der Waals surface area contributed by atoms with E-state index in [1.165, 1.54) is 18.2 Å². The topological polar surface area (TPSA) is 46.6 Å². The fourth-order valence-electron chi connectivity index (χ4n) is 2.54. The molecule has 1 heterocycles. The normalized spacial score (nSPS) is 14.1. The van der Waals surface area contributed by atoms with Gasteiger partial charge in [0.15, 0.2) is 6.61 Å². The van der Waals surface area contributed by atoms with Gasteiger partial charge in [-0.1, -0.05) is 12.1 Å². The fourth-order valence-corrected chi connectivity index (χ4v) is 2.54.